The van der Waals surface area contributed by atoms with E-state index in [1.54, 1.807) is 0 Å². The van der Waals surface area contributed by atoms with Crippen LogP contribution in [0.5, 0.6) is 0 Å². The Morgan fingerprint density at radius 3 is 2.19 bits per heavy atom. The van der Waals surface area contributed by atoms with Crippen molar-refractivity contribution in [1.82, 2.24) is 29.5 Å². The molecule has 4 rings (SSSR count). The van der Waals surface area contributed by atoms with E-state index in [4.69, 9.17) is 0 Å². The number of nitrogens with zero attached hydrogens (tertiary/aromatic N) is 6. The summed E-state index contributed by atoms with van der Waals surface area (Å²) < 4.78 is 2.29. The summed E-state index contributed by atoms with van der Waals surface area (Å²) >= 11 is 0. The zero-order chi connectivity index (χ0) is 17.9. The molecule has 0 atom stereocenters. The smallest absolute Gasteiger partial charge is 0.146 e. The fourth-order valence-corrected chi connectivity index (χ4v) is 5.13. The summed E-state index contributed by atoms with van der Waals surface area (Å²) in [6.07, 6.45) is 7.85. The largest absolute Gasteiger partial charge is 0.317 e. The van der Waals surface area contributed by atoms with Gasteiger partial charge in [-0.25, -0.2) is 0 Å². The lowest BCUT2D eigenvalue weighted by atomic mass is 9.93. The molecule has 0 bridgehead atoms. The van der Waals surface area contributed by atoms with Crippen LogP contribution in [0.1, 0.15) is 63.0 Å². The summed E-state index contributed by atoms with van der Waals surface area (Å²) in [5.41, 5.74) is 0. The zero-order valence-corrected chi connectivity index (χ0v) is 16.7. The van der Waals surface area contributed by atoms with Crippen molar-refractivity contribution in [3.8, 4) is 0 Å². The summed E-state index contributed by atoms with van der Waals surface area (Å²) in [6, 6.07) is 0.809. The Kier molecular flexibility index (Phi) is 5.91. The van der Waals surface area contributed by atoms with Crippen LogP contribution < -0.4 is 0 Å². The summed E-state index contributed by atoms with van der Waals surface area (Å²) in [7, 11) is 2.17. The number of aromatic nitrogens is 3. The molecule has 0 amide bonds. The van der Waals surface area contributed by atoms with Crippen LogP contribution in [0, 0.1) is 0 Å². The average Bonchev–Trinajstić information content (AvgIpc) is 3.33. The second-order valence-corrected chi connectivity index (χ2v) is 8.49. The van der Waals surface area contributed by atoms with Gasteiger partial charge in [-0.15, -0.1) is 10.2 Å². The van der Waals surface area contributed by atoms with Crippen LogP contribution in [0.4, 0.5) is 0 Å². The summed E-state index contributed by atoms with van der Waals surface area (Å²) in [5.74, 6) is 2.96. The molecule has 0 N–H and O–H groups in total. The number of hydrogen-bond acceptors (Lipinski definition) is 5. The van der Waals surface area contributed by atoms with Gasteiger partial charge in [0.1, 0.15) is 11.6 Å². The van der Waals surface area contributed by atoms with Gasteiger partial charge in [-0.2, -0.15) is 0 Å². The Morgan fingerprint density at radius 2 is 1.54 bits per heavy atom. The first-order valence-electron chi connectivity index (χ1n) is 10.8. The van der Waals surface area contributed by atoms with Gasteiger partial charge in [-0.3, -0.25) is 4.90 Å². The maximum Gasteiger partial charge on any atom is 0.146 e. The number of piperidine rings is 2. The molecule has 3 saturated heterocycles. The van der Waals surface area contributed by atoms with Gasteiger partial charge in [0.25, 0.3) is 0 Å². The predicted octanol–water partition coefficient (Wildman–Crippen LogP) is 2.07. The molecule has 26 heavy (non-hydrogen) atoms. The SMILES string of the molecule is CCN1CCC(N2CCC(c3nnc(CN4CCCC4)n3C)CC2)CC1. The van der Waals surface area contributed by atoms with Crippen molar-refractivity contribution in [3.63, 3.8) is 0 Å². The molecule has 1 aromatic heterocycles. The van der Waals surface area contributed by atoms with Crippen molar-refractivity contribution >= 4 is 0 Å². The fourth-order valence-electron chi connectivity index (χ4n) is 5.13. The molecule has 0 aliphatic carbocycles. The highest BCUT2D eigenvalue weighted by Gasteiger charge is 2.30. The van der Waals surface area contributed by atoms with Gasteiger partial charge in [0.2, 0.25) is 0 Å². The normalized spacial score (nSPS) is 25.3. The lowest BCUT2D eigenvalue weighted by Gasteiger charge is -2.41. The van der Waals surface area contributed by atoms with Gasteiger partial charge >= 0.3 is 0 Å². The molecule has 146 valence electrons. The van der Waals surface area contributed by atoms with E-state index >= 15 is 0 Å². The van der Waals surface area contributed by atoms with Gasteiger partial charge in [0.15, 0.2) is 0 Å². The van der Waals surface area contributed by atoms with E-state index in [0.29, 0.717) is 5.92 Å². The highest BCUT2D eigenvalue weighted by atomic mass is 15.3. The third kappa shape index (κ3) is 3.97. The van der Waals surface area contributed by atoms with Crippen LogP contribution >= 0.6 is 0 Å². The maximum atomic E-state index is 4.60. The van der Waals surface area contributed by atoms with Crippen molar-refractivity contribution < 1.29 is 0 Å². The quantitative estimate of drug-likeness (QED) is 0.804. The van der Waals surface area contributed by atoms with Crippen LogP contribution in [-0.4, -0.2) is 81.3 Å². The molecule has 3 aliphatic rings. The Labute approximate surface area is 158 Å². The van der Waals surface area contributed by atoms with Crippen LogP contribution in [0.15, 0.2) is 0 Å². The van der Waals surface area contributed by atoms with Gasteiger partial charge in [0, 0.05) is 19.0 Å². The van der Waals surface area contributed by atoms with Crippen molar-refractivity contribution in [1.29, 1.82) is 0 Å². The number of hydrogen-bond donors (Lipinski definition) is 0. The Bertz CT molecular complexity index is 563. The van der Waals surface area contributed by atoms with Gasteiger partial charge in [-0.05, 0) is 84.3 Å². The minimum atomic E-state index is 0.590. The van der Waals surface area contributed by atoms with E-state index in [2.05, 4.69) is 43.4 Å². The minimum absolute atomic E-state index is 0.590. The van der Waals surface area contributed by atoms with E-state index in [1.807, 2.05) is 0 Å². The molecule has 0 spiro atoms. The Hall–Kier alpha value is -0.980. The molecule has 0 aromatic carbocycles. The van der Waals surface area contributed by atoms with Gasteiger partial charge < -0.3 is 14.4 Å². The third-order valence-corrected chi connectivity index (χ3v) is 6.98. The molecule has 1 aromatic rings. The van der Waals surface area contributed by atoms with Crippen LogP contribution in [0.25, 0.3) is 0 Å². The molecule has 0 unspecified atom stereocenters. The van der Waals surface area contributed by atoms with E-state index in [1.165, 1.54) is 90.2 Å². The molecule has 6 nitrogen and oxygen atoms in total. The van der Waals surface area contributed by atoms with Gasteiger partial charge in [-0.1, -0.05) is 6.92 Å². The molecule has 4 heterocycles. The van der Waals surface area contributed by atoms with Crippen molar-refractivity contribution in [2.75, 3.05) is 45.8 Å². The molecule has 6 heteroatoms. The van der Waals surface area contributed by atoms with Crippen molar-refractivity contribution in [2.24, 2.45) is 7.05 Å². The van der Waals surface area contributed by atoms with Crippen LogP contribution in [-0.2, 0) is 13.6 Å². The standard InChI is InChI=1S/C20H36N6/c1-3-24-12-8-18(9-13-24)26-14-6-17(7-15-26)20-22-21-19(23(20)2)16-25-10-4-5-11-25/h17-18H,3-16H2,1-2H3. The third-order valence-electron chi connectivity index (χ3n) is 6.98. The van der Waals surface area contributed by atoms with Crippen molar-refractivity contribution in [3.05, 3.63) is 11.6 Å². The zero-order valence-electron chi connectivity index (χ0n) is 16.7. The lowest BCUT2D eigenvalue weighted by molar-refractivity contribution is 0.0882. The van der Waals surface area contributed by atoms with Crippen LogP contribution in [0.2, 0.25) is 0 Å². The molecular formula is C20H36N6. The highest BCUT2D eigenvalue weighted by molar-refractivity contribution is 5.04. The highest BCUT2D eigenvalue weighted by Crippen LogP contribution is 2.30. The summed E-state index contributed by atoms with van der Waals surface area (Å²) in [4.78, 5) is 7.86. The second kappa shape index (κ2) is 8.36. The average molecular weight is 361 g/mol. The number of rotatable bonds is 5. The first-order chi connectivity index (χ1) is 12.7. The lowest BCUT2D eigenvalue weighted by Crippen LogP contribution is -2.47. The predicted molar refractivity (Wildman–Crippen MR) is 104 cm³/mol. The number of likely N-dealkylation sites (tertiary alicyclic amines) is 3. The monoisotopic (exact) mass is 360 g/mol. The molecule has 0 radical (unpaired) electrons. The van der Waals surface area contributed by atoms with E-state index in [0.717, 1.165) is 18.4 Å². The Morgan fingerprint density at radius 1 is 0.846 bits per heavy atom. The van der Waals surface area contributed by atoms with E-state index in [9.17, 15) is 0 Å². The fraction of sp³-hybridized carbons (Fsp3) is 0.900. The maximum absolute atomic E-state index is 4.60. The van der Waals surface area contributed by atoms with E-state index < -0.39 is 0 Å². The van der Waals surface area contributed by atoms with Crippen molar-refractivity contribution in [2.45, 2.75) is 64.0 Å². The summed E-state index contributed by atoms with van der Waals surface area (Å²) in [5, 5.41) is 9.13. The molecule has 3 aliphatic heterocycles. The molecular weight excluding hydrogens is 324 g/mol. The topological polar surface area (TPSA) is 40.4 Å². The minimum Gasteiger partial charge on any atom is -0.317 e. The van der Waals surface area contributed by atoms with Gasteiger partial charge in [0.05, 0.1) is 6.54 Å². The Balaban J connectivity index is 1.30. The first-order valence-corrected chi connectivity index (χ1v) is 10.8. The van der Waals surface area contributed by atoms with E-state index in [-0.39, 0.29) is 0 Å². The first kappa shape index (κ1) is 18.4. The van der Waals surface area contributed by atoms with Crippen LogP contribution in [0.3, 0.4) is 0 Å². The molecule has 3 fully saturated rings. The molecule has 0 saturated carbocycles. The second-order valence-electron chi connectivity index (χ2n) is 8.49. The summed E-state index contributed by atoms with van der Waals surface area (Å²) in [6.45, 7) is 11.9.